The van der Waals surface area contributed by atoms with E-state index in [-0.39, 0.29) is 23.3 Å². The van der Waals surface area contributed by atoms with E-state index >= 15 is 0 Å². The highest BCUT2D eigenvalue weighted by Gasteiger charge is 2.64. The Morgan fingerprint density at radius 1 is 1.23 bits per heavy atom. The van der Waals surface area contributed by atoms with Crippen molar-refractivity contribution >= 4 is 28.9 Å². The summed E-state index contributed by atoms with van der Waals surface area (Å²) in [6.45, 7) is 0. The second-order valence-corrected chi connectivity index (χ2v) is 7.96. The minimum absolute atomic E-state index is 0.0196. The smallest absolute Gasteiger partial charge is 0.255 e. The predicted octanol–water partition coefficient (Wildman–Crippen LogP) is -0.414. The van der Waals surface area contributed by atoms with Gasteiger partial charge in [-0.1, -0.05) is 6.07 Å². The van der Waals surface area contributed by atoms with Crippen molar-refractivity contribution in [1.29, 1.82) is 0 Å². The molecule has 7 N–H and O–H groups in total. The van der Waals surface area contributed by atoms with E-state index in [1.165, 1.54) is 11.0 Å². The molecular weight excluding hydrogens is 394 g/mol. The van der Waals surface area contributed by atoms with E-state index in [1.54, 1.807) is 26.2 Å². The van der Waals surface area contributed by atoms with Crippen LogP contribution in [0.1, 0.15) is 12.0 Å². The third-order valence-corrected chi connectivity index (χ3v) is 6.13. The van der Waals surface area contributed by atoms with Gasteiger partial charge < -0.3 is 31.5 Å². The second kappa shape index (κ2) is 6.31. The van der Waals surface area contributed by atoms with E-state index in [0.29, 0.717) is 5.69 Å². The van der Waals surface area contributed by atoms with Crippen molar-refractivity contribution in [3.05, 3.63) is 40.7 Å². The fourth-order valence-corrected chi connectivity index (χ4v) is 4.82. The summed E-state index contributed by atoms with van der Waals surface area (Å²) in [6, 6.07) is 2.57. The molecule has 4 atom stereocenters. The van der Waals surface area contributed by atoms with Crippen LogP contribution in [0.2, 0.25) is 0 Å². The number of benzene rings is 1. The van der Waals surface area contributed by atoms with Crippen LogP contribution in [0.5, 0.6) is 5.75 Å². The van der Waals surface area contributed by atoms with Crippen LogP contribution < -0.4 is 11.1 Å². The molecule has 0 saturated heterocycles. The highest BCUT2D eigenvalue weighted by atomic mass is 16.3. The standard InChI is InChI=1S/C20H21N3O7/c1-23(2)14-7-6-9-12(15(25)11-8(22-9)4-3-5-10(11)24)17(27)20(7,30)18(28)13(16(14)26)19(21)29/h3-5,7,9,14,22,24-25,28,30H,6H2,1-2H3,(H2,21,29)/t7-,9-,14?,20-/m0/s1. The SMILES string of the molecule is CN(C)C1C(=O)C(C(N)=O)=C(O)[C@@]2(O)C(=O)C3=C(O)c4c(O)cccc4N[C@H]3C[C@@H]12. The molecule has 0 aromatic heterocycles. The third kappa shape index (κ3) is 2.34. The number of phenols is 1. The van der Waals surface area contributed by atoms with E-state index < -0.39 is 58.2 Å². The van der Waals surface area contributed by atoms with Crippen LogP contribution in [0.3, 0.4) is 0 Å². The average Bonchev–Trinajstić information content (AvgIpc) is 2.64. The Morgan fingerprint density at radius 3 is 2.50 bits per heavy atom. The van der Waals surface area contributed by atoms with E-state index in [0.717, 1.165) is 0 Å². The van der Waals surface area contributed by atoms with Crippen molar-refractivity contribution in [2.45, 2.75) is 24.1 Å². The van der Waals surface area contributed by atoms with Gasteiger partial charge in [-0.25, -0.2) is 0 Å². The number of primary amides is 1. The Kier molecular flexibility index (Phi) is 4.19. The number of rotatable bonds is 2. The number of carbonyl (C=O) groups excluding carboxylic acids is 3. The molecule has 1 aromatic carbocycles. The highest BCUT2D eigenvalue weighted by Crippen LogP contribution is 2.50. The number of nitrogens with one attached hydrogen (secondary N) is 1. The summed E-state index contributed by atoms with van der Waals surface area (Å²) in [5.41, 5.74) is 1.87. The monoisotopic (exact) mass is 415 g/mol. The number of fused-ring (bicyclic) bond motifs is 3. The van der Waals surface area contributed by atoms with Gasteiger partial charge in [0.05, 0.1) is 23.2 Å². The minimum atomic E-state index is -2.64. The molecule has 0 radical (unpaired) electrons. The van der Waals surface area contributed by atoms with Crippen LogP contribution in [-0.2, 0) is 14.4 Å². The first-order chi connectivity index (χ1) is 14.0. The zero-order valence-electron chi connectivity index (χ0n) is 16.2. The quantitative estimate of drug-likeness (QED) is 0.351. The molecule has 4 rings (SSSR count). The predicted molar refractivity (Wildman–Crippen MR) is 104 cm³/mol. The Hall–Kier alpha value is -3.37. The number of likely N-dealkylation sites (N-methyl/N-ethyl adjacent to an activating group) is 1. The number of carbonyl (C=O) groups is 3. The fraction of sp³-hybridized carbons (Fsp3) is 0.350. The zero-order valence-corrected chi connectivity index (χ0v) is 16.2. The molecule has 158 valence electrons. The summed E-state index contributed by atoms with van der Waals surface area (Å²) in [5.74, 6) is -6.20. The zero-order chi connectivity index (χ0) is 22.1. The van der Waals surface area contributed by atoms with Crippen molar-refractivity contribution in [3.63, 3.8) is 0 Å². The van der Waals surface area contributed by atoms with Gasteiger partial charge in [0.25, 0.3) is 5.91 Å². The molecule has 0 spiro atoms. The molecule has 1 saturated carbocycles. The number of hydrogen-bond donors (Lipinski definition) is 6. The first kappa shape index (κ1) is 19.9. The van der Waals surface area contributed by atoms with Gasteiger partial charge in [0, 0.05) is 11.6 Å². The molecule has 10 heteroatoms. The second-order valence-electron chi connectivity index (χ2n) is 7.96. The van der Waals surface area contributed by atoms with E-state index in [2.05, 4.69) is 5.32 Å². The number of Topliss-reactive ketones (excluding diaryl/α,β-unsaturated/α-hetero) is 2. The first-order valence-electron chi connectivity index (χ1n) is 9.25. The van der Waals surface area contributed by atoms with Crippen LogP contribution >= 0.6 is 0 Å². The number of hydrogen-bond acceptors (Lipinski definition) is 9. The molecular formula is C20H21N3O7. The number of aromatic hydroxyl groups is 1. The van der Waals surface area contributed by atoms with Gasteiger partial charge in [-0.15, -0.1) is 0 Å². The number of aliphatic hydroxyl groups is 3. The van der Waals surface area contributed by atoms with E-state index in [9.17, 15) is 34.8 Å². The maximum Gasteiger partial charge on any atom is 0.255 e. The van der Waals surface area contributed by atoms with Gasteiger partial charge in [0.15, 0.2) is 11.4 Å². The summed E-state index contributed by atoms with van der Waals surface area (Å²) >= 11 is 0. The number of amides is 1. The number of ketones is 2. The fourth-order valence-electron chi connectivity index (χ4n) is 4.82. The van der Waals surface area contributed by atoms with E-state index in [4.69, 9.17) is 5.73 Å². The van der Waals surface area contributed by atoms with Crippen LogP contribution in [0.4, 0.5) is 5.69 Å². The van der Waals surface area contributed by atoms with Crippen molar-refractivity contribution < 1.29 is 34.8 Å². The summed E-state index contributed by atoms with van der Waals surface area (Å²) in [7, 11) is 3.08. The minimum Gasteiger partial charge on any atom is -0.508 e. The van der Waals surface area contributed by atoms with Gasteiger partial charge in [-0.3, -0.25) is 19.3 Å². The molecule has 0 bridgehead atoms. The number of nitrogens with two attached hydrogens (primary N) is 1. The van der Waals surface area contributed by atoms with Crippen molar-refractivity contribution in [2.75, 3.05) is 19.4 Å². The third-order valence-electron chi connectivity index (χ3n) is 6.13. The lowest BCUT2D eigenvalue weighted by molar-refractivity contribution is -0.152. The first-order valence-corrected chi connectivity index (χ1v) is 9.25. The van der Waals surface area contributed by atoms with Crippen LogP contribution in [0.25, 0.3) is 5.76 Å². The number of aliphatic hydroxyl groups excluding tert-OH is 2. The maximum absolute atomic E-state index is 13.4. The Balaban J connectivity index is 1.98. The molecule has 1 fully saturated rings. The molecule has 30 heavy (non-hydrogen) atoms. The molecule has 2 aliphatic carbocycles. The molecule has 1 unspecified atom stereocenters. The molecule has 1 aliphatic heterocycles. The molecule has 1 amide bonds. The topological polar surface area (TPSA) is 173 Å². The van der Waals surface area contributed by atoms with Gasteiger partial charge in [-0.2, -0.15) is 0 Å². The lowest BCUT2D eigenvalue weighted by atomic mass is 9.60. The summed E-state index contributed by atoms with van der Waals surface area (Å²) in [6.07, 6.45) is -0.0264. The van der Waals surface area contributed by atoms with E-state index in [1.807, 2.05) is 0 Å². The maximum atomic E-state index is 13.4. The van der Waals surface area contributed by atoms with Crippen LogP contribution in [0, 0.1) is 5.92 Å². The normalized spacial score (nSPS) is 30.6. The van der Waals surface area contributed by atoms with Crippen molar-refractivity contribution in [1.82, 2.24) is 4.90 Å². The van der Waals surface area contributed by atoms with Crippen molar-refractivity contribution in [2.24, 2.45) is 11.7 Å². The van der Waals surface area contributed by atoms with Gasteiger partial charge in [-0.05, 0) is 32.6 Å². The Morgan fingerprint density at radius 2 is 1.90 bits per heavy atom. The van der Waals surface area contributed by atoms with Crippen LogP contribution in [0.15, 0.2) is 35.1 Å². The summed E-state index contributed by atoms with van der Waals surface area (Å²) in [4.78, 5) is 39.6. The average molecular weight is 415 g/mol. The highest BCUT2D eigenvalue weighted by molar-refractivity contribution is 6.24. The number of phenolic OH excluding ortho intramolecular Hbond substituents is 1. The van der Waals surface area contributed by atoms with Gasteiger partial charge >= 0.3 is 0 Å². The largest absolute Gasteiger partial charge is 0.508 e. The molecule has 3 aliphatic rings. The van der Waals surface area contributed by atoms with Crippen LogP contribution in [-0.4, -0.2) is 74.6 Å². The van der Waals surface area contributed by atoms with Gasteiger partial charge in [0.2, 0.25) is 5.78 Å². The molecule has 1 aromatic rings. The van der Waals surface area contributed by atoms with Crippen molar-refractivity contribution in [3.8, 4) is 5.75 Å². The lowest BCUT2D eigenvalue weighted by Crippen LogP contribution is -2.67. The molecule has 10 nitrogen and oxygen atoms in total. The number of anilines is 1. The molecule has 1 heterocycles. The summed E-state index contributed by atoms with van der Waals surface area (Å²) < 4.78 is 0. The summed E-state index contributed by atoms with van der Waals surface area (Å²) in [5, 5.41) is 46.0. The van der Waals surface area contributed by atoms with Gasteiger partial charge in [0.1, 0.15) is 22.8 Å². The Bertz CT molecular complexity index is 1070. The number of nitrogens with zero attached hydrogens (tertiary/aromatic N) is 1. The lowest BCUT2D eigenvalue weighted by Gasteiger charge is -2.50. The Labute approximate surface area is 170 Å².